The number of nitrogens with zero attached hydrogens (tertiary/aromatic N) is 1. The second kappa shape index (κ2) is 5.71. The number of rotatable bonds is 6. The van der Waals surface area contributed by atoms with E-state index in [1.807, 2.05) is 18.2 Å². The Kier molecular flexibility index (Phi) is 4.02. The molecule has 0 heterocycles. The molecule has 1 amide bonds. The fourth-order valence-electron chi connectivity index (χ4n) is 1.87. The highest BCUT2D eigenvalue weighted by Gasteiger charge is 2.23. The van der Waals surface area contributed by atoms with Crippen molar-refractivity contribution in [2.75, 3.05) is 18.0 Å². The standard InChI is InChI=1S/C14H20N2O/c1-2-16(13-6-4-3-5-7-13)11-10-14(17)15-12-8-9-12/h3-7,12H,2,8-11H2,1H3,(H,15,17). The minimum atomic E-state index is 0.182. The van der Waals surface area contributed by atoms with E-state index in [0.29, 0.717) is 12.5 Å². The molecule has 1 aliphatic rings. The van der Waals surface area contributed by atoms with Crippen molar-refractivity contribution < 1.29 is 4.79 Å². The van der Waals surface area contributed by atoms with Gasteiger partial charge in [0, 0.05) is 31.2 Å². The Morgan fingerprint density at radius 3 is 2.65 bits per heavy atom. The summed E-state index contributed by atoms with van der Waals surface area (Å²) in [7, 11) is 0. The van der Waals surface area contributed by atoms with E-state index in [4.69, 9.17) is 0 Å². The third-order valence-electron chi connectivity index (χ3n) is 3.05. The van der Waals surface area contributed by atoms with Crippen LogP contribution in [0.3, 0.4) is 0 Å². The van der Waals surface area contributed by atoms with Gasteiger partial charge in [-0.05, 0) is 31.9 Å². The van der Waals surface area contributed by atoms with Crippen molar-refractivity contribution in [3.8, 4) is 0 Å². The van der Waals surface area contributed by atoms with Gasteiger partial charge in [-0.1, -0.05) is 18.2 Å². The summed E-state index contributed by atoms with van der Waals surface area (Å²) in [5.41, 5.74) is 1.19. The van der Waals surface area contributed by atoms with Crippen molar-refractivity contribution in [2.24, 2.45) is 0 Å². The van der Waals surface area contributed by atoms with Crippen molar-refractivity contribution in [3.05, 3.63) is 30.3 Å². The van der Waals surface area contributed by atoms with Crippen molar-refractivity contribution in [3.63, 3.8) is 0 Å². The van der Waals surface area contributed by atoms with Gasteiger partial charge in [-0.15, -0.1) is 0 Å². The lowest BCUT2D eigenvalue weighted by atomic mass is 10.2. The lowest BCUT2D eigenvalue weighted by Crippen LogP contribution is -2.31. The summed E-state index contributed by atoms with van der Waals surface area (Å²) in [5.74, 6) is 0.182. The molecule has 0 spiro atoms. The first-order chi connectivity index (χ1) is 8.29. The Hall–Kier alpha value is -1.51. The molecule has 2 rings (SSSR count). The number of hydrogen-bond acceptors (Lipinski definition) is 2. The van der Waals surface area contributed by atoms with E-state index < -0.39 is 0 Å². The van der Waals surface area contributed by atoms with Crippen LogP contribution < -0.4 is 10.2 Å². The molecule has 0 atom stereocenters. The predicted octanol–water partition coefficient (Wildman–Crippen LogP) is 2.18. The van der Waals surface area contributed by atoms with Gasteiger partial charge >= 0.3 is 0 Å². The monoisotopic (exact) mass is 232 g/mol. The summed E-state index contributed by atoms with van der Waals surface area (Å²) in [6, 6.07) is 10.7. The summed E-state index contributed by atoms with van der Waals surface area (Å²) in [6.45, 7) is 3.84. The van der Waals surface area contributed by atoms with Crippen LogP contribution in [-0.2, 0) is 4.79 Å². The number of carbonyl (C=O) groups is 1. The van der Waals surface area contributed by atoms with E-state index in [2.05, 4.69) is 29.3 Å². The average Bonchev–Trinajstić information content (AvgIpc) is 3.15. The molecule has 3 heteroatoms. The van der Waals surface area contributed by atoms with Gasteiger partial charge in [0.15, 0.2) is 0 Å². The molecule has 1 saturated carbocycles. The first kappa shape index (κ1) is 12.0. The van der Waals surface area contributed by atoms with Crippen LogP contribution in [0.25, 0.3) is 0 Å². The Morgan fingerprint density at radius 1 is 1.35 bits per heavy atom. The van der Waals surface area contributed by atoms with Gasteiger partial charge in [-0.25, -0.2) is 0 Å². The molecule has 17 heavy (non-hydrogen) atoms. The maximum absolute atomic E-state index is 11.6. The lowest BCUT2D eigenvalue weighted by Gasteiger charge is -2.22. The second-order valence-corrected chi connectivity index (χ2v) is 4.51. The van der Waals surface area contributed by atoms with Crippen LogP contribution in [-0.4, -0.2) is 25.0 Å². The highest BCUT2D eigenvalue weighted by Crippen LogP contribution is 2.19. The number of amides is 1. The Labute approximate surface area is 103 Å². The number of carbonyl (C=O) groups excluding carboxylic acids is 1. The molecule has 1 aromatic rings. The van der Waals surface area contributed by atoms with Gasteiger partial charge in [-0.3, -0.25) is 4.79 Å². The van der Waals surface area contributed by atoms with E-state index in [1.54, 1.807) is 0 Å². The SMILES string of the molecule is CCN(CCC(=O)NC1CC1)c1ccccc1. The third kappa shape index (κ3) is 3.77. The minimum Gasteiger partial charge on any atom is -0.371 e. The van der Waals surface area contributed by atoms with Gasteiger partial charge in [-0.2, -0.15) is 0 Å². The van der Waals surface area contributed by atoms with Gasteiger partial charge in [0.25, 0.3) is 0 Å². The van der Waals surface area contributed by atoms with Crippen LogP contribution in [0.5, 0.6) is 0 Å². The van der Waals surface area contributed by atoms with Gasteiger partial charge in [0.1, 0.15) is 0 Å². The van der Waals surface area contributed by atoms with Crippen LogP contribution >= 0.6 is 0 Å². The molecule has 0 bridgehead atoms. The largest absolute Gasteiger partial charge is 0.371 e. The Morgan fingerprint density at radius 2 is 2.06 bits per heavy atom. The van der Waals surface area contributed by atoms with Crippen LogP contribution in [0, 0.1) is 0 Å². The van der Waals surface area contributed by atoms with Crippen LogP contribution in [0.2, 0.25) is 0 Å². The molecule has 0 aromatic heterocycles. The first-order valence-electron chi connectivity index (χ1n) is 6.39. The van der Waals surface area contributed by atoms with Crippen molar-refractivity contribution in [2.45, 2.75) is 32.2 Å². The molecular weight excluding hydrogens is 212 g/mol. The summed E-state index contributed by atoms with van der Waals surface area (Å²) in [6.07, 6.45) is 2.89. The zero-order chi connectivity index (χ0) is 12.1. The normalized spacial score (nSPS) is 14.4. The number of para-hydroxylation sites is 1. The summed E-state index contributed by atoms with van der Waals surface area (Å²) in [5, 5.41) is 3.02. The molecule has 1 N–H and O–H groups in total. The van der Waals surface area contributed by atoms with Crippen LogP contribution in [0.4, 0.5) is 5.69 Å². The first-order valence-corrected chi connectivity index (χ1v) is 6.39. The van der Waals surface area contributed by atoms with E-state index in [1.165, 1.54) is 5.69 Å². The topological polar surface area (TPSA) is 32.3 Å². The molecule has 1 aromatic carbocycles. The number of benzene rings is 1. The van der Waals surface area contributed by atoms with Gasteiger partial charge in [0.2, 0.25) is 5.91 Å². The van der Waals surface area contributed by atoms with Crippen molar-refractivity contribution in [1.29, 1.82) is 0 Å². The third-order valence-corrected chi connectivity index (χ3v) is 3.05. The number of nitrogens with one attached hydrogen (secondary N) is 1. The molecule has 92 valence electrons. The highest BCUT2D eigenvalue weighted by atomic mass is 16.1. The second-order valence-electron chi connectivity index (χ2n) is 4.51. The fraction of sp³-hybridized carbons (Fsp3) is 0.500. The highest BCUT2D eigenvalue weighted by molar-refractivity contribution is 5.77. The summed E-state index contributed by atoms with van der Waals surface area (Å²) in [4.78, 5) is 13.8. The van der Waals surface area contributed by atoms with E-state index in [-0.39, 0.29) is 5.91 Å². The maximum atomic E-state index is 11.6. The van der Waals surface area contributed by atoms with Gasteiger partial charge in [0.05, 0.1) is 0 Å². The fourth-order valence-corrected chi connectivity index (χ4v) is 1.87. The molecule has 0 saturated heterocycles. The molecule has 1 fully saturated rings. The molecule has 0 aliphatic heterocycles. The molecule has 3 nitrogen and oxygen atoms in total. The minimum absolute atomic E-state index is 0.182. The Bertz CT molecular complexity index is 360. The van der Waals surface area contributed by atoms with Crippen LogP contribution in [0.15, 0.2) is 30.3 Å². The number of anilines is 1. The summed E-state index contributed by atoms with van der Waals surface area (Å²) >= 11 is 0. The zero-order valence-electron chi connectivity index (χ0n) is 10.4. The van der Waals surface area contributed by atoms with Gasteiger partial charge < -0.3 is 10.2 Å². The van der Waals surface area contributed by atoms with Crippen molar-refractivity contribution in [1.82, 2.24) is 5.32 Å². The summed E-state index contributed by atoms with van der Waals surface area (Å²) < 4.78 is 0. The molecule has 0 radical (unpaired) electrons. The van der Waals surface area contributed by atoms with E-state index >= 15 is 0 Å². The van der Waals surface area contributed by atoms with E-state index in [0.717, 1.165) is 25.9 Å². The zero-order valence-corrected chi connectivity index (χ0v) is 10.4. The van der Waals surface area contributed by atoms with Crippen LogP contribution in [0.1, 0.15) is 26.2 Å². The maximum Gasteiger partial charge on any atom is 0.221 e. The van der Waals surface area contributed by atoms with E-state index in [9.17, 15) is 4.79 Å². The average molecular weight is 232 g/mol. The number of hydrogen-bond donors (Lipinski definition) is 1. The smallest absolute Gasteiger partial charge is 0.221 e. The van der Waals surface area contributed by atoms with Crippen molar-refractivity contribution >= 4 is 11.6 Å². The lowest BCUT2D eigenvalue weighted by molar-refractivity contribution is -0.121. The predicted molar refractivity (Wildman–Crippen MR) is 70.1 cm³/mol. The molecule has 1 aliphatic carbocycles. The Balaban J connectivity index is 1.80. The molecular formula is C14H20N2O. The molecule has 0 unspecified atom stereocenters. The quantitative estimate of drug-likeness (QED) is 0.815.